The highest BCUT2D eigenvalue weighted by Crippen LogP contribution is 2.25. The molecule has 128 valence electrons. The molecule has 2 aromatic rings. The van der Waals surface area contributed by atoms with Gasteiger partial charge >= 0.3 is 5.97 Å². The van der Waals surface area contributed by atoms with Gasteiger partial charge in [0.05, 0.1) is 16.3 Å². The Morgan fingerprint density at radius 1 is 1.33 bits per heavy atom. The summed E-state index contributed by atoms with van der Waals surface area (Å²) in [6.07, 6.45) is 4.43. The third-order valence-electron chi connectivity index (χ3n) is 4.77. The highest BCUT2D eigenvalue weighted by molar-refractivity contribution is 7.09. The molecule has 24 heavy (non-hydrogen) atoms. The van der Waals surface area contributed by atoms with Crippen LogP contribution in [0.2, 0.25) is 0 Å². The summed E-state index contributed by atoms with van der Waals surface area (Å²) in [5.74, 6) is -0.136. The van der Waals surface area contributed by atoms with E-state index in [0.717, 1.165) is 50.9 Å². The molecular weight excluding hydrogens is 320 g/mol. The first kappa shape index (κ1) is 17.1. The summed E-state index contributed by atoms with van der Waals surface area (Å²) in [5.41, 5.74) is 2.54. The second kappa shape index (κ2) is 7.90. The normalized spacial score (nSPS) is 16.4. The fourth-order valence-electron chi connectivity index (χ4n) is 3.31. The first-order valence-corrected chi connectivity index (χ1v) is 9.50. The molecule has 3 rings (SSSR count). The molecule has 2 heterocycles. The largest absolute Gasteiger partial charge is 0.478 e. The molecule has 0 atom stereocenters. The molecule has 0 radical (unpaired) electrons. The number of carbonyl (C=O) groups is 1. The molecule has 0 spiro atoms. The third-order valence-corrected chi connectivity index (χ3v) is 5.69. The van der Waals surface area contributed by atoms with Crippen LogP contribution < -0.4 is 0 Å². The zero-order valence-corrected chi connectivity index (χ0v) is 14.9. The quantitative estimate of drug-likeness (QED) is 0.864. The number of hydrogen-bond acceptors (Lipinski definition) is 4. The van der Waals surface area contributed by atoms with Gasteiger partial charge in [0.15, 0.2) is 0 Å². The number of piperidine rings is 1. The minimum Gasteiger partial charge on any atom is -0.478 e. The third kappa shape index (κ3) is 4.22. The van der Waals surface area contributed by atoms with Crippen molar-refractivity contribution in [3.05, 3.63) is 51.5 Å². The van der Waals surface area contributed by atoms with E-state index in [0.29, 0.717) is 11.5 Å². The van der Waals surface area contributed by atoms with Crippen LogP contribution in [0.5, 0.6) is 0 Å². The van der Waals surface area contributed by atoms with Gasteiger partial charge in [-0.15, -0.1) is 11.3 Å². The van der Waals surface area contributed by atoms with Gasteiger partial charge in [-0.3, -0.25) is 4.90 Å². The lowest BCUT2D eigenvalue weighted by atomic mass is 9.93. The standard InChI is InChI=1S/C19H24N2O2S/c1-2-16-13-24-18(20-16)11-14-7-9-21(10-8-14)12-15-5-3-4-6-17(15)19(22)23/h3-6,13-14H,2,7-12H2,1H3,(H,22,23). The van der Waals surface area contributed by atoms with Gasteiger partial charge in [-0.05, 0) is 49.9 Å². The van der Waals surface area contributed by atoms with Crippen molar-refractivity contribution in [2.45, 2.75) is 39.2 Å². The van der Waals surface area contributed by atoms with E-state index in [4.69, 9.17) is 0 Å². The maximum Gasteiger partial charge on any atom is 0.336 e. The Kier molecular flexibility index (Phi) is 5.63. The van der Waals surface area contributed by atoms with Crippen molar-refractivity contribution in [3.8, 4) is 0 Å². The molecule has 1 aliphatic heterocycles. The van der Waals surface area contributed by atoms with Crippen LogP contribution in [-0.4, -0.2) is 34.0 Å². The number of aryl methyl sites for hydroxylation is 1. The Balaban J connectivity index is 1.53. The molecule has 1 fully saturated rings. The summed E-state index contributed by atoms with van der Waals surface area (Å²) in [4.78, 5) is 18.4. The summed E-state index contributed by atoms with van der Waals surface area (Å²) >= 11 is 1.79. The number of carboxylic acid groups (broad SMARTS) is 1. The number of aromatic carboxylic acids is 1. The van der Waals surface area contributed by atoms with E-state index in [1.807, 2.05) is 12.1 Å². The molecule has 1 aromatic carbocycles. The van der Waals surface area contributed by atoms with Crippen molar-refractivity contribution in [2.24, 2.45) is 5.92 Å². The van der Waals surface area contributed by atoms with Gasteiger partial charge in [0.1, 0.15) is 0 Å². The number of nitrogens with zero attached hydrogens (tertiary/aromatic N) is 2. The average molecular weight is 344 g/mol. The summed E-state index contributed by atoms with van der Waals surface area (Å²) in [7, 11) is 0. The minimum atomic E-state index is -0.837. The van der Waals surface area contributed by atoms with Gasteiger partial charge in [0.2, 0.25) is 0 Å². The highest BCUT2D eigenvalue weighted by Gasteiger charge is 2.21. The number of thiazole rings is 1. The van der Waals surface area contributed by atoms with Crippen LogP contribution >= 0.6 is 11.3 Å². The van der Waals surface area contributed by atoms with Crippen LogP contribution in [0.15, 0.2) is 29.6 Å². The fraction of sp³-hybridized carbons (Fsp3) is 0.474. The van der Waals surface area contributed by atoms with Crippen LogP contribution in [-0.2, 0) is 19.4 Å². The van der Waals surface area contributed by atoms with E-state index in [1.165, 1.54) is 10.7 Å². The monoisotopic (exact) mass is 344 g/mol. The predicted octanol–water partition coefficient (Wildman–Crippen LogP) is 3.86. The predicted molar refractivity (Wildman–Crippen MR) is 96.6 cm³/mol. The van der Waals surface area contributed by atoms with Crippen molar-refractivity contribution in [1.29, 1.82) is 0 Å². The van der Waals surface area contributed by atoms with E-state index in [9.17, 15) is 9.90 Å². The second-order valence-corrected chi connectivity index (χ2v) is 7.41. The molecule has 0 aliphatic carbocycles. The molecule has 0 saturated carbocycles. The van der Waals surface area contributed by atoms with Gasteiger partial charge in [-0.1, -0.05) is 25.1 Å². The van der Waals surface area contributed by atoms with Crippen LogP contribution in [0, 0.1) is 5.92 Å². The molecule has 0 amide bonds. The van der Waals surface area contributed by atoms with E-state index in [2.05, 4.69) is 22.2 Å². The SMILES string of the molecule is CCc1csc(CC2CCN(Cc3ccccc3C(=O)O)CC2)n1. The number of aromatic nitrogens is 1. The Morgan fingerprint density at radius 2 is 2.08 bits per heavy atom. The van der Waals surface area contributed by atoms with E-state index < -0.39 is 5.97 Å². The first-order valence-electron chi connectivity index (χ1n) is 8.62. The van der Waals surface area contributed by atoms with E-state index in [1.54, 1.807) is 23.5 Å². The molecular formula is C19H24N2O2S. The molecule has 1 aliphatic rings. The van der Waals surface area contributed by atoms with Crippen molar-refractivity contribution < 1.29 is 9.90 Å². The smallest absolute Gasteiger partial charge is 0.336 e. The first-order chi connectivity index (χ1) is 11.7. The van der Waals surface area contributed by atoms with Crippen LogP contribution in [0.4, 0.5) is 0 Å². The zero-order chi connectivity index (χ0) is 16.9. The Hall–Kier alpha value is -1.72. The van der Waals surface area contributed by atoms with Gasteiger partial charge in [0, 0.05) is 18.3 Å². The Bertz CT molecular complexity index is 690. The highest BCUT2D eigenvalue weighted by atomic mass is 32.1. The zero-order valence-electron chi connectivity index (χ0n) is 14.1. The average Bonchev–Trinajstić information content (AvgIpc) is 3.04. The molecule has 1 N–H and O–H groups in total. The van der Waals surface area contributed by atoms with Gasteiger partial charge in [0.25, 0.3) is 0 Å². The lowest BCUT2D eigenvalue weighted by molar-refractivity contribution is 0.0693. The van der Waals surface area contributed by atoms with Gasteiger partial charge < -0.3 is 5.11 Å². The lowest BCUT2D eigenvalue weighted by Gasteiger charge is -2.32. The molecule has 4 nitrogen and oxygen atoms in total. The summed E-state index contributed by atoms with van der Waals surface area (Å²) < 4.78 is 0. The molecule has 0 unspecified atom stereocenters. The lowest BCUT2D eigenvalue weighted by Crippen LogP contribution is -2.34. The Morgan fingerprint density at radius 3 is 2.75 bits per heavy atom. The number of rotatable bonds is 6. The van der Waals surface area contributed by atoms with Crippen molar-refractivity contribution in [1.82, 2.24) is 9.88 Å². The topological polar surface area (TPSA) is 53.4 Å². The van der Waals surface area contributed by atoms with Crippen molar-refractivity contribution in [3.63, 3.8) is 0 Å². The number of hydrogen-bond donors (Lipinski definition) is 1. The van der Waals surface area contributed by atoms with E-state index >= 15 is 0 Å². The number of likely N-dealkylation sites (tertiary alicyclic amines) is 1. The minimum absolute atomic E-state index is 0.425. The van der Waals surface area contributed by atoms with Gasteiger partial charge in [-0.2, -0.15) is 0 Å². The molecule has 1 aromatic heterocycles. The number of carboxylic acids is 1. The Labute approximate surface area is 147 Å². The second-order valence-electron chi connectivity index (χ2n) is 6.47. The molecule has 1 saturated heterocycles. The molecule has 0 bridgehead atoms. The molecule has 5 heteroatoms. The summed E-state index contributed by atoms with van der Waals surface area (Å²) in [5, 5.41) is 12.7. The fourth-order valence-corrected chi connectivity index (χ4v) is 4.30. The van der Waals surface area contributed by atoms with Crippen LogP contribution in [0.25, 0.3) is 0 Å². The van der Waals surface area contributed by atoms with Crippen molar-refractivity contribution >= 4 is 17.3 Å². The van der Waals surface area contributed by atoms with Crippen LogP contribution in [0.1, 0.15) is 46.4 Å². The summed E-state index contributed by atoms with van der Waals surface area (Å²) in [6, 6.07) is 7.33. The van der Waals surface area contributed by atoms with E-state index in [-0.39, 0.29) is 0 Å². The van der Waals surface area contributed by atoms with Gasteiger partial charge in [-0.25, -0.2) is 9.78 Å². The van der Waals surface area contributed by atoms with Crippen molar-refractivity contribution in [2.75, 3.05) is 13.1 Å². The van der Waals surface area contributed by atoms with Crippen LogP contribution in [0.3, 0.4) is 0 Å². The summed E-state index contributed by atoms with van der Waals surface area (Å²) in [6.45, 7) is 4.94. The maximum atomic E-state index is 11.3. The number of benzene rings is 1. The maximum absolute atomic E-state index is 11.3.